The molecule has 12 aromatic carbocycles. The predicted octanol–water partition coefficient (Wildman–Crippen LogP) is 18.3. The fourth-order valence-corrected chi connectivity index (χ4v) is 10.4. The van der Waals surface area contributed by atoms with Crippen LogP contribution in [0, 0.1) is 0 Å². The zero-order chi connectivity index (χ0) is 43.6. The van der Waals surface area contributed by atoms with Crippen molar-refractivity contribution in [3.63, 3.8) is 0 Å². The van der Waals surface area contributed by atoms with Gasteiger partial charge in [0.05, 0.1) is 11.4 Å². The molecular formula is C64H41NO. The molecule has 0 N–H and O–H groups in total. The first-order chi connectivity index (χ1) is 32.7. The third-order valence-electron chi connectivity index (χ3n) is 13.4. The highest BCUT2D eigenvalue weighted by molar-refractivity contribution is 6.17. The molecule has 13 aromatic rings. The van der Waals surface area contributed by atoms with E-state index in [1.165, 1.54) is 65.5 Å². The zero-order valence-corrected chi connectivity index (χ0v) is 36.0. The number of rotatable bonds is 7. The Bertz CT molecular complexity index is 4010. The molecular weight excluding hydrogens is 799 g/mol. The van der Waals surface area contributed by atoms with Crippen LogP contribution in [0.4, 0.5) is 17.1 Å². The van der Waals surface area contributed by atoms with Crippen LogP contribution in [-0.4, -0.2) is 0 Å². The van der Waals surface area contributed by atoms with Crippen LogP contribution in [0.25, 0.3) is 110 Å². The lowest BCUT2D eigenvalue weighted by molar-refractivity contribution is 0.669. The van der Waals surface area contributed by atoms with Crippen molar-refractivity contribution in [1.29, 1.82) is 0 Å². The molecule has 13 rings (SSSR count). The summed E-state index contributed by atoms with van der Waals surface area (Å²) in [4.78, 5) is 2.43. The largest absolute Gasteiger partial charge is 0.454 e. The highest BCUT2D eigenvalue weighted by Crippen LogP contribution is 2.50. The molecule has 0 saturated carbocycles. The standard InChI is InChI=1S/C64H41NO/c1-2-18-42(19-3-1)50-37-36-47(41-59(50)52-32-16-24-43-20-6-8-25-48(43)52)65(62-35-17-33-57-60-38-44-21-4-5-22-45(44)40-63(60)66-64(57)62)61-34-15-14-31-56(61)53-28-11-13-30-55(53)58-39-46-23-7-9-26-49(46)51-27-10-12-29-54(51)58/h1-41H. The van der Waals surface area contributed by atoms with Gasteiger partial charge in [0.15, 0.2) is 5.58 Å². The molecule has 66 heavy (non-hydrogen) atoms. The van der Waals surface area contributed by atoms with Gasteiger partial charge in [-0.1, -0.05) is 206 Å². The van der Waals surface area contributed by atoms with Crippen molar-refractivity contribution < 1.29 is 4.42 Å². The van der Waals surface area contributed by atoms with E-state index < -0.39 is 0 Å². The molecule has 1 aromatic heterocycles. The molecule has 2 nitrogen and oxygen atoms in total. The van der Waals surface area contributed by atoms with E-state index in [0.29, 0.717) is 0 Å². The summed E-state index contributed by atoms with van der Waals surface area (Å²) >= 11 is 0. The van der Waals surface area contributed by atoms with Gasteiger partial charge in [-0.2, -0.15) is 0 Å². The summed E-state index contributed by atoms with van der Waals surface area (Å²) < 4.78 is 7.07. The molecule has 0 aliphatic rings. The Balaban J connectivity index is 1.10. The monoisotopic (exact) mass is 839 g/mol. The number of para-hydroxylation sites is 2. The summed E-state index contributed by atoms with van der Waals surface area (Å²) in [7, 11) is 0. The Hall–Kier alpha value is -8.72. The van der Waals surface area contributed by atoms with Crippen LogP contribution in [0.5, 0.6) is 0 Å². The van der Waals surface area contributed by atoms with E-state index in [9.17, 15) is 0 Å². The van der Waals surface area contributed by atoms with Gasteiger partial charge < -0.3 is 9.32 Å². The predicted molar refractivity (Wildman–Crippen MR) is 280 cm³/mol. The number of hydrogen-bond donors (Lipinski definition) is 0. The number of hydrogen-bond acceptors (Lipinski definition) is 2. The van der Waals surface area contributed by atoms with E-state index in [1.54, 1.807) is 0 Å². The summed E-state index contributed by atoms with van der Waals surface area (Å²) in [6.45, 7) is 0. The number of furan rings is 1. The SMILES string of the molecule is c1ccc(-c2ccc(N(c3ccccc3-c3ccccc3-c3cc4ccccc4c4ccccc34)c3cccc4c3oc3cc5ccccc5cc34)cc2-c2cccc3ccccc23)cc1. The maximum Gasteiger partial charge on any atom is 0.159 e. The van der Waals surface area contributed by atoms with Crippen LogP contribution in [0.2, 0.25) is 0 Å². The second-order valence-electron chi connectivity index (χ2n) is 17.2. The molecule has 1 heterocycles. The van der Waals surface area contributed by atoms with Crippen LogP contribution in [0.15, 0.2) is 253 Å². The van der Waals surface area contributed by atoms with E-state index in [-0.39, 0.29) is 0 Å². The molecule has 0 bridgehead atoms. The van der Waals surface area contributed by atoms with Gasteiger partial charge in [0.25, 0.3) is 0 Å². The highest BCUT2D eigenvalue weighted by atomic mass is 16.3. The minimum absolute atomic E-state index is 0.838. The lowest BCUT2D eigenvalue weighted by atomic mass is 9.88. The summed E-state index contributed by atoms with van der Waals surface area (Å²) in [5.74, 6) is 0. The smallest absolute Gasteiger partial charge is 0.159 e. The second kappa shape index (κ2) is 15.5. The summed E-state index contributed by atoms with van der Waals surface area (Å²) in [6, 6.07) is 90.4. The Morgan fingerprint density at radius 3 is 1.64 bits per heavy atom. The first-order valence-corrected chi connectivity index (χ1v) is 22.7. The molecule has 0 aliphatic carbocycles. The molecule has 0 saturated heterocycles. The van der Waals surface area contributed by atoms with Crippen molar-refractivity contribution in [2.45, 2.75) is 0 Å². The van der Waals surface area contributed by atoms with E-state index in [4.69, 9.17) is 4.42 Å². The van der Waals surface area contributed by atoms with Crippen molar-refractivity contribution in [2.24, 2.45) is 0 Å². The van der Waals surface area contributed by atoms with Crippen LogP contribution < -0.4 is 4.90 Å². The lowest BCUT2D eigenvalue weighted by Crippen LogP contribution is -2.12. The second-order valence-corrected chi connectivity index (χ2v) is 17.2. The summed E-state index contributed by atoms with van der Waals surface area (Å²) in [5.41, 5.74) is 14.1. The molecule has 2 heteroatoms. The van der Waals surface area contributed by atoms with E-state index >= 15 is 0 Å². The van der Waals surface area contributed by atoms with Crippen molar-refractivity contribution in [3.8, 4) is 44.5 Å². The van der Waals surface area contributed by atoms with Crippen LogP contribution in [0.3, 0.4) is 0 Å². The van der Waals surface area contributed by atoms with Crippen molar-refractivity contribution in [1.82, 2.24) is 0 Å². The average molecular weight is 840 g/mol. The Kier molecular flexibility index (Phi) is 8.89. The third kappa shape index (κ3) is 6.18. The maximum absolute atomic E-state index is 7.07. The Labute approximate surface area is 382 Å². The van der Waals surface area contributed by atoms with E-state index in [0.717, 1.165) is 61.1 Å². The molecule has 0 unspecified atom stereocenters. The van der Waals surface area contributed by atoms with Gasteiger partial charge in [-0.25, -0.2) is 0 Å². The van der Waals surface area contributed by atoms with Gasteiger partial charge in [0.1, 0.15) is 5.58 Å². The van der Waals surface area contributed by atoms with Gasteiger partial charge >= 0.3 is 0 Å². The number of anilines is 3. The topological polar surface area (TPSA) is 16.4 Å². The minimum Gasteiger partial charge on any atom is -0.454 e. The number of fused-ring (bicyclic) bond motifs is 8. The fourth-order valence-electron chi connectivity index (χ4n) is 10.4. The molecule has 0 amide bonds. The quantitative estimate of drug-likeness (QED) is 0.149. The van der Waals surface area contributed by atoms with Gasteiger partial charge in [-0.3, -0.25) is 0 Å². The molecule has 0 aliphatic heterocycles. The van der Waals surface area contributed by atoms with Gasteiger partial charge in [0.2, 0.25) is 0 Å². The first-order valence-electron chi connectivity index (χ1n) is 22.7. The van der Waals surface area contributed by atoms with Gasteiger partial charge in [-0.15, -0.1) is 0 Å². The van der Waals surface area contributed by atoms with Gasteiger partial charge in [0, 0.05) is 22.0 Å². The number of benzene rings is 12. The summed E-state index contributed by atoms with van der Waals surface area (Å²) in [6.07, 6.45) is 0. The molecule has 0 atom stereocenters. The maximum atomic E-state index is 7.07. The van der Waals surface area contributed by atoms with Crippen LogP contribution >= 0.6 is 0 Å². The Morgan fingerprint density at radius 1 is 0.258 bits per heavy atom. The van der Waals surface area contributed by atoms with Crippen molar-refractivity contribution in [2.75, 3.05) is 4.90 Å². The van der Waals surface area contributed by atoms with E-state index in [1.807, 2.05) is 0 Å². The van der Waals surface area contributed by atoms with Gasteiger partial charge in [-0.05, 0) is 124 Å². The lowest BCUT2D eigenvalue weighted by Gasteiger charge is -2.29. The minimum atomic E-state index is 0.838. The van der Waals surface area contributed by atoms with E-state index in [2.05, 4.69) is 254 Å². The van der Waals surface area contributed by atoms with Crippen LogP contribution in [0.1, 0.15) is 0 Å². The van der Waals surface area contributed by atoms with Crippen molar-refractivity contribution >= 4 is 82.1 Å². The summed E-state index contributed by atoms with van der Waals surface area (Å²) in [5, 5.41) is 11.9. The number of nitrogens with zero attached hydrogens (tertiary/aromatic N) is 1. The van der Waals surface area contributed by atoms with Crippen LogP contribution in [-0.2, 0) is 0 Å². The molecule has 0 fully saturated rings. The first kappa shape index (κ1) is 37.8. The molecule has 0 radical (unpaired) electrons. The highest BCUT2D eigenvalue weighted by Gasteiger charge is 2.25. The zero-order valence-electron chi connectivity index (χ0n) is 36.0. The van der Waals surface area contributed by atoms with Crippen molar-refractivity contribution in [3.05, 3.63) is 249 Å². The Morgan fingerprint density at radius 2 is 0.818 bits per heavy atom. The fraction of sp³-hybridized carbons (Fsp3) is 0. The molecule has 0 spiro atoms. The average Bonchev–Trinajstić information content (AvgIpc) is 3.76. The normalized spacial score (nSPS) is 11.6. The molecule has 308 valence electrons. The third-order valence-corrected chi connectivity index (χ3v) is 13.4.